The molecule has 0 aromatic heterocycles. The van der Waals surface area contributed by atoms with Crippen LogP contribution in [0.15, 0.2) is 47.4 Å². The standard InChI is InChI=1S/C18H18N2O8S/c1-26-13-5-8-15(16(9-13)27-2)19-17(21)10-28-18(22)11-29(25)14-6-3-12(4-7-14)20(23)24/h3-9H,10-11H2,1-2H3,(H,19,21)/t29-/m0/s1. The number of rotatable bonds is 9. The van der Waals surface area contributed by atoms with Gasteiger partial charge in [-0.25, -0.2) is 0 Å². The van der Waals surface area contributed by atoms with Crippen LogP contribution in [0.3, 0.4) is 0 Å². The number of ether oxygens (including phenoxy) is 3. The minimum absolute atomic E-state index is 0.154. The van der Waals surface area contributed by atoms with Crippen LogP contribution in [0.4, 0.5) is 11.4 Å². The van der Waals surface area contributed by atoms with E-state index in [0.717, 1.165) is 0 Å². The van der Waals surface area contributed by atoms with Crippen molar-refractivity contribution in [2.24, 2.45) is 0 Å². The number of anilines is 1. The van der Waals surface area contributed by atoms with E-state index in [9.17, 15) is 23.9 Å². The number of benzene rings is 2. The summed E-state index contributed by atoms with van der Waals surface area (Å²) in [5, 5.41) is 13.1. The van der Waals surface area contributed by atoms with Crippen LogP contribution in [-0.2, 0) is 25.1 Å². The molecule has 0 radical (unpaired) electrons. The highest BCUT2D eigenvalue weighted by Crippen LogP contribution is 2.28. The summed E-state index contributed by atoms with van der Waals surface area (Å²) < 4.78 is 27.2. The Hall–Kier alpha value is -3.47. The zero-order chi connectivity index (χ0) is 21.4. The van der Waals surface area contributed by atoms with E-state index in [1.54, 1.807) is 18.2 Å². The van der Waals surface area contributed by atoms with Crippen molar-refractivity contribution in [2.45, 2.75) is 4.90 Å². The maximum absolute atomic E-state index is 12.1. The van der Waals surface area contributed by atoms with Gasteiger partial charge in [0.1, 0.15) is 17.3 Å². The maximum atomic E-state index is 12.1. The van der Waals surface area contributed by atoms with Crippen LogP contribution < -0.4 is 14.8 Å². The Balaban J connectivity index is 1.86. The lowest BCUT2D eigenvalue weighted by Gasteiger charge is -2.11. The van der Waals surface area contributed by atoms with Gasteiger partial charge >= 0.3 is 5.97 Å². The second-order valence-corrected chi connectivity index (χ2v) is 6.97. The first-order valence-corrected chi connectivity index (χ1v) is 9.46. The van der Waals surface area contributed by atoms with Gasteiger partial charge in [-0.05, 0) is 24.3 Å². The van der Waals surface area contributed by atoms with Crippen LogP contribution in [-0.4, -0.2) is 47.6 Å². The van der Waals surface area contributed by atoms with Gasteiger partial charge in [0.05, 0.1) is 35.6 Å². The van der Waals surface area contributed by atoms with Crippen LogP contribution in [0, 0.1) is 10.1 Å². The molecule has 29 heavy (non-hydrogen) atoms. The van der Waals surface area contributed by atoms with Gasteiger partial charge in [-0.15, -0.1) is 0 Å². The highest BCUT2D eigenvalue weighted by Gasteiger charge is 2.15. The fourth-order valence-electron chi connectivity index (χ4n) is 2.19. The third kappa shape index (κ3) is 6.28. The smallest absolute Gasteiger partial charge is 0.319 e. The van der Waals surface area contributed by atoms with Gasteiger partial charge in [-0.1, -0.05) is 0 Å². The molecule has 1 atom stereocenters. The number of nitro benzene ring substituents is 1. The molecule has 2 aromatic rings. The largest absolute Gasteiger partial charge is 0.497 e. The molecule has 2 rings (SSSR count). The number of carbonyl (C=O) groups is 2. The first kappa shape index (κ1) is 21.8. The fraction of sp³-hybridized carbons (Fsp3) is 0.222. The van der Waals surface area contributed by atoms with Gasteiger partial charge in [-0.3, -0.25) is 23.9 Å². The number of amides is 1. The molecular formula is C18H18N2O8S. The van der Waals surface area contributed by atoms with E-state index in [-0.39, 0.29) is 10.6 Å². The normalized spacial score (nSPS) is 11.2. The number of nitrogens with zero attached hydrogens (tertiary/aromatic N) is 1. The molecule has 0 unspecified atom stereocenters. The van der Waals surface area contributed by atoms with Crippen LogP contribution in [0.5, 0.6) is 11.5 Å². The maximum Gasteiger partial charge on any atom is 0.319 e. The average Bonchev–Trinajstić information content (AvgIpc) is 2.72. The Morgan fingerprint density at radius 1 is 1.10 bits per heavy atom. The Labute approximate surface area is 168 Å². The lowest BCUT2D eigenvalue weighted by Crippen LogP contribution is -2.23. The van der Waals surface area contributed by atoms with Gasteiger partial charge < -0.3 is 19.5 Å². The van der Waals surface area contributed by atoms with Gasteiger partial charge in [-0.2, -0.15) is 0 Å². The molecule has 0 heterocycles. The number of nitrogens with one attached hydrogen (secondary N) is 1. The molecule has 0 aliphatic carbocycles. The molecule has 0 aliphatic heterocycles. The number of nitro groups is 1. The molecule has 1 amide bonds. The summed E-state index contributed by atoms with van der Waals surface area (Å²) in [5.41, 5.74) is 0.211. The number of methoxy groups -OCH3 is 2. The average molecular weight is 422 g/mol. The van der Waals surface area contributed by atoms with Crippen LogP contribution in [0.2, 0.25) is 0 Å². The van der Waals surface area contributed by atoms with E-state index in [2.05, 4.69) is 5.32 Å². The lowest BCUT2D eigenvalue weighted by molar-refractivity contribution is -0.384. The summed E-state index contributed by atoms with van der Waals surface area (Å²) in [5.74, 6) is -1.04. The minimum Gasteiger partial charge on any atom is -0.497 e. The highest BCUT2D eigenvalue weighted by atomic mass is 32.2. The lowest BCUT2D eigenvalue weighted by atomic mass is 10.2. The quantitative estimate of drug-likeness (QED) is 0.368. The second kappa shape index (κ2) is 10.2. The Kier molecular flexibility index (Phi) is 7.66. The van der Waals surface area contributed by atoms with Gasteiger partial charge in [0.25, 0.3) is 11.6 Å². The summed E-state index contributed by atoms with van der Waals surface area (Å²) >= 11 is 0. The van der Waals surface area contributed by atoms with Crippen molar-refractivity contribution < 1.29 is 32.9 Å². The van der Waals surface area contributed by atoms with Crippen molar-refractivity contribution in [3.05, 3.63) is 52.6 Å². The molecule has 11 heteroatoms. The van der Waals surface area contributed by atoms with E-state index >= 15 is 0 Å². The van der Waals surface area contributed by atoms with Crippen molar-refractivity contribution in [3.63, 3.8) is 0 Å². The van der Waals surface area contributed by atoms with E-state index in [1.165, 1.54) is 38.5 Å². The Morgan fingerprint density at radius 2 is 1.79 bits per heavy atom. The summed E-state index contributed by atoms with van der Waals surface area (Å²) in [7, 11) is 1.16. The molecule has 0 aliphatic rings. The second-order valence-electron chi connectivity index (χ2n) is 5.52. The number of hydrogen-bond donors (Lipinski definition) is 1. The summed E-state index contributed by atoms with van der Waals surface area (Å²) in [6.45, 7) is -0.578. The monoisotopic (exact) mass is 422 g/mol. The topological polar surface area (TPSA) is 134 Å². The number of hydrogen-bond acceptors (Lipinski definition) is 8. The molecule has 0 saturated heterocycles. The predicted molar refractivity (Wildman–Crippen MR) is 104 cm³/mol. The van der Waals surface area contributed by atoms with Crippen molar-refractivity contribution in [1.82, 2.24) is 0 Å². The minimum atomic E-state index is -1.76. The summed E-state index contributed by atoms with van der Waals surface area (Å²) in [4.78, 5) is 34.1. The van der Waals surface area contributed by atoms with Crippen molar-refractivity contribution >= 4 is 34.1 Å². The molecule has 2 aromatic carbocycles. The van der Waals surface area contributed by atoms with E-state index in [4.69, 9.17) is 14.2 Å². The third-order valence-electron chi connectivity index (χ3n) is 3.61. The summed E-state index contributed by atoms with van der Waals surface area (Å²) in [6, 6.07) is 9.74. The highest BCUT2D eigenvalue weighted by molar-refractivity contribution is 7.85. The van der Waals surface area contributed by atoms with Crippen LogP contribution in [0.1, 0.15) is 0 Å². The van der Waals surface area contributed by atoms with E-state index in [0.29, 0.717) is 17.2 Å². The molecular weight excluding hydrogens is 404 g/mol. The molecule has 0 fully saturated rings. The molecule has 10 nitrogen and oxygen atoms in total. The van der Waals surface area contributed by atoms with Gasteiger partial charge in [0.15, 0.2) is 6.61 Å². The number of esters is 1. The van der Waals surface area contributed by atoms with Crippen LogP contribution in [0.25, 0.3) is 0 Å². The molecule has 0 bridgehead atoms. The van der Waals surface area contributed by atoms with Gasteiger partial charge in [0.2, 0.25) is 0 Å². The Bertz CT molecular complexity index is 930. The zero-order valence-corrected chi connectivity index (χ0v) is 16.4. The Morgan fingerprint density at radius 3 is 2.38 bits per heavy atom. The first-order chi connectivity index (χ1) is 13.8. The van der Waals surface area contributed by atoms with Crippen molar-refractivity contribution in [2.75, 3.05) is 31.9 Å². The van der Waals surface area contributed by atoms with Crippen molar-refractivity contribution in [1.29, 1.82) is 0 Å². The van der Waals surface area contributed by atoms with Crippen molar-refractivity contribution in [3.8, 4) is 11.5 Å². The fourth-order valence-corrected chi connectivity index (χ4v) is 3.09. The van der Waals surface area contributed by atoms with Crippen LogP contribution >= 0.6 is 0 Å². The van der Waals surface area contributed by atoms with Gasteiger partial charge in [0, 0.05) is 23.1 Å². The van der Waals surface area contributed by atoms with E-state index < -0.39 is 40.0 Å². The SMILES string of the molecule is COc1ccc(NC(=O)COC(=O)C[S@](=O)c2ccc([N+](=O)[O-])cc2)c(OC)c1. The number of non-ortho nitro benzene ring substituents is 1. The molecule has 1 N–H and O–H groups in total. The summed E-state index contributed by atoms with van der Waals surface area (Å²) in [6.07, 6.45) is 0. The van der Waals surface area contributed by atoms with E-state index in [1.807, 2.05) is 0 Å². The zero-order valence-electron chi connectivity index (χ0n) is 15.6. The molecule has 0 spiro atoms. The first-order valence-electron chi connectivity index (χ1n) is 8.14. The third-order valence-corrected chi connectivity index (χ3v) is 4.90. The molecule has 154 valence electrons. The predicted octanol–water partition coefficient (Wildman–Crippen LogP) is 1.90. The number of carbonyl (C=O) groups excluding carboxylic acids is 2. The molecule has 0 saturated carbocycles.